The van der Waals surface area contributed by atoms with Crippen molar-refractivity contribution in [1.82, 2.24) is 20.2 Å². The van der Waals surface area contributed by atoms with Gasteiger partial charge in [-0.25, -0.2) is 4.98 Å². The van der Waals surface area contributed by atoms with Crippen LogP contribution >= 0.6 is 0 Å². The Bertz CT molecular complexity index is 755. The van der Waals surface area contributed by atoms with E-state index >= 15 is 0 Å². The number of carbonyl (C=O) groups is 1. The topological polar surface area (TPSA) is 70.2 Å². The Morgan fingerprint density at radius 2 is 2.31 bits per heavy atom. The number of H-pyrrole nitrogens is 1. The Hall–Kier alpha value is -2.34. The molecule has 4 rings (SSSR count). The molecule has 2 aliphatic rings. The minimum absolute atomic E-state index is 0.273. The smallest absolute Gasteiger partial charge is 0.231 e. The highest BCUT2D eigenvalue weighted by molar-refractivity contribution is 5.85. The normalized spacial score (nSPS) is 21.9. The van der Waals surface area contributed by atoms with Gasteiger partial charge in [-0.05, 0) is 37.0 Å². The van der Waals surface area contributed by atoms with Gasteiger partial charge in [-0.1, -0.05) is 12.1 Å². The van der Waals surface area contributed by atoms with Crippen molar-refractivity contribution < 1.29 is 9.53 Å². The highest BCUT2D eigenvalue weighted by atomic mass is 16.5. The number of aromatic amines is 1. The maximum absolute atomic E-state index is 13.4. The summed E-state index contributed by atoms with van der Waals surface area (Å²) in [6, 6.07) is 8.05. The molecular weight excluding hydrogens is 328 g/mol. The van der Waals surface area contributed by atoms with E-state index in [0.717, 1.165) is 62.6 Å². The number of imidazole rings is 1. The Morgan fingerprint density at radius 1 is 1.42 bits per heavy atom. The molecule has 0 bridgehead atoms. The quantitative estimate of drug-likeness (QED) is 0.861. The van der Waals surface area contributed by atoms with Crippen LogP contribution in [0, 0.1) is 5.41 Å². The number of nitrogens with one attached hydrogen (secondary N) is 2. The van der Waals surface area contributed by atoms with Gasteiger partial charge in [0.2, 0.25) is 5.91 Å². The first-order valence-electron chi connectivity index (χ1n) is 9.32. The Morgan fingerprint density at radius 3 is 3.00 bits per heavy atom. The maximum Gasteiger partial charge on any atom is 0.231 e. The molecule has 2 N–H and O–H groups in total. The first-order chi connectivity index (χ1) is 12.7. The number of amides is 1. The fourth-order valence-corrected chi connectivity index (χ4v) is 4.17. The van der Waals surface area contributed by atoms with Crippen molar-refractivity contribution in [2.45, 2.75) is 25.2 Å². The molecule has 0 saturated carbocycles. The number of methoxy groups -OCH3 is 1. The molecule has 2 aliphatic heterocycles. The first-order valence-corrected chi connectivity index (χ1v) is 9.32. The molecule has 2 saturated heterocycles. The molecule has 26 heavy (non-hydrogen) atoms. The minimum atomic E-state index is -0.336. The molecule has 1 atom stereocenters. The van der Waals surface area contributed by atoms with E-state index in [1.165, 1.54) is 0 Å². The van der Waals surface area contributed by atoms with Crippen molar-refractivity contribution in [2.75, 3.05) is 33.3 Å². The van der Waals surface area contributed by atoms with Gasteiger partial charge < -0.3 is 19.9 Å². The summed E-state index contributed by atoms with van der Waals surface area (Å²) in [7, 11) is 1.67. The number of ether oxygens (including phenoxy) is 1. The van der Waals surface area contributed by atoms with Crippen LogP contribution < -0.4 is 10.1 Å². The van der Waals surface area contributed by atoms with Crippen LogP contribution in [0.25, 0.3) is 0 Å². The van der Waals surface area contributed by atoms with Crippen molar-refractivity contribution in [3.8, 4) is 5.75 Å². The van der Waals surface area contributed by atoms with Gasteiger partial charge in [0.25, 0.3) is 0 Å². The molecular formula is C20H26N4O2. The van der Waals surface area contributed by atoms with Crippen LogP contribution in [0.2, 0.25) is 0 Å². The van der Waals surface area contributed by atoms with E-state index in [1.54, 1.807) is 13.3 Å². The van der Waals surface area contributed by atoms with Gasteiger partial charge in [-0.2, -0.15) is 0 Å². The minimum Gasteiger partial charge on any atom is -0.497 e. The van der Waals surface area contributed by atoms with Gasteiger partial charge in [0.15, 0.2) is 0 Å². The van der Waals surface area contributed by atoms with E-state index in [-0.39, 0.29) is 11.3 Å². The summed E-state index contributed by atoms with van der Waals surface area (Å²) >= 11 is 0. The molecule has 1 unspecified atom stereocenters. The number of hydrogen-bond donors (Lipinski definition) is 2. The van der Waals surface area contributed by atoms with Crippen molar-refractivity contribution in [2.24, 2.45) is 5.41 Å². The van der Waals surface area contributed by atoms with Crippen LogP contribution in [-0.2, 0) is 11.2 Å². The van der Waals surface area contributed by atoms with Gasteiger partial charge in [0, 0.05) is 44.5 Å². The molecule has 3 heterocycles. The average molecular weight is 354 g/mol. The lowest BCUT2D eigenvalue weighted by Gasteiger charge is -2.46. The largest absolute Gasteiger partial charge is 0.497 e. The summed E-state index contributed by atoms with van der Waals surface area (Å²) in [4.78, 5) is 23.1. The Labute approximate surface area is 154 Å². The van der Waals surface area contributed by atoms with Crippen LogP contribution in [0.3, 0.4) is 0 Å². The molecule has 6 nitrogen and oxygen atoms in total. The molecule has 138 valence electrons. The van der Waals surface area contributed by atoms with E-state index in [1.807, 2.05) is 24.4 Å². The third kappa shape index (κ3) is 3.21. The second kappa shape index (κ2) is 7.11. The molecule has 2 aromatic rings. The molecule has 6 heteroatoms. The number of benzene rings is 1. The van der Waals surface area contributed by atoms with Crippen LogP contribution in [0.1, 0.15) is 30.1 Å². The van der Waals surface area contributed by atoms with E-state index < -0.39 is 0 Å². The van der Waals surface area contributed by atoms with Gasteiger partial charge in [0.05, 0.1) is 12.5 Å². The first kappa shape index (κ1) is 17.1. The number of aromatic nitrogens is 2. The van der Waals surface area contributed by atoms with Crippen LogP contribution in [-0.4, -0.2) is 54.1 Å². The van der Waals surface area contributed by atoms with Crippen molar-refractivity contribution >= 4 is 5.91 Å². The Balaban J connectivity index is 1.49. The predicted molar refractivity (Wildman–Crippen MR) is 99.1 cm³/mol. The third-order valence-corrected chi connectivity index (χ3v) is 5.67. The molecule has 0 spiro atoms. The van der Waals surface area contributed by atoms with E-state index in [2.05, 4.69) is 26.3 Å². The van der Waals surface area contributed by atoms with Gasteiger partial charge in [-0.15, -0.1) is 0 Å². The highest BCUT2D eigenvalue weighted by Crippen LogP contribution is 2.34. The number of hydrogen-bond acceptors (Lipinski definition) is 4. The zero-order valence-corrected chi connectivity index (χ0v) is 15.2. The van der Waals surface area contributed by atoms with Crippen molar-refractivity contribution in [3.63, 3.8) is 0 Å². The highest BCUT2D eigenvalue weighted by Gasteiger charge is 2.47. The zero-order chi connectivity index (χ0) is 18.0. The Kier molecular flexibility index (Phi) is 4.68. The molecule has 0 radical (unpaired) electrons. The van der Waals surface area contributed by atoms with Crippen molar-refractivity contribution in [3.05, 3.63) is 48.0 Å². The number of nitrogens with zero attached hydrogens (tertiary/aromatic N) is 2. The number of rotatable bonds is 5. The van der Waals surface area contributed by atoms with E-state index in [0.29, 0.717) is 5.92 Å². The van der Waals surface area contributed by atoms with Crippen LogP contribution in [0.4, 0.5) is 0 Å². The lowest BCUT2D eigenvalue weighted by molar-refractivity contribution is -0.146. The van der Waals surface area contributed by atoms with Gasteiger partial charge in [0.1, 0.15) is 11.6 Å². The lowest BCUT2D eigenvalue weighted by atomic mass is 9.74. The predicted octanol–water partition coefficient (Wildman–Crippen LogP) is 1.96. The summed E-state index contributed by atoms with van der Waals surface area (Å²) in [6.45, 7) is 3.08. The summed E-state index contributed by atoms with van der Waals surface area (Å²) < 4.78 is 5.33. The third-order valence-electron chi connectivity index (χ3n) is 5.67. The van der Waals surface area contributed by atoms with E-state index in [9.17, 15) is 4.79 Å². The van der Waals surface area contributed by atoms with E-state index in [4.69, 9.17) is 4.74 Å². The average Bonchev–Trinajstić information content (AvgIpc) is 3.19. The SMILES string of the molecule is COc1cccc(CC2(C(=O)N3CCCC(c4ncc[nH]4)C3)CNC2)c1. The molecule has 0 aliphatic carbocycles. The van der Waals surface area contributed by atoms with Crippen LogP contribution in [0.15, 0.2) is 36.7 Å². The lowest BCUT2D eigenvalue weighted by Crippen LogP contribution is -2.64. The summed E-state index contributed by atoms with van der Waals surface area (Å²) in [5.74, 6) is 2.42. The summed E-state index contributed by atoms with van der Waals surface area (Å²) in [6.07, 6.45) is 6.50. The number of carbonyl (C=O) groups excluding carboxylic acids is 1. The second-order valence-electron chi connectivity index (χ2n) is 7.48. The fraction of sp³-hybridized carbons (Fsp3) is 0.500. The zero-order valence-electron chi connectivity index (χ0n) is 15.2. The fourth-order valence-electron chi connectivity index (χ4n) is 4.17. The maximum atomic E-state index is 13.4. The molecule has 1 aromatic heterocycles. The second-order valence-corrected chi connectivity index (χ2v) is 7.48. The summed E-state index contributed by atoms with van der Waals surface area (Å²) in [5, 5.41) is 3.31. The standard InChI is InChI=1S/C20H26N4O2/c1-26-17-6-2-4-15(10-17)11-20(13-21-14-20)19(25)24-9-3-5-16(12-24)18-22-7-8-23-18/h2,4,6-8,10,16,21H,3,5,9,11-14H2,1H3,(H,22,23). The molecule has 1 amide bonds. The number of likely N-dealkylation sites (tertiary alicyclic amines) is 1. The monoisotopic (exact) mass is 354 g/mol. The van der Waals surface area contributed by atoms with Crippen LogP contribution in [0.5, 0.6) is 5.75 Å². The van der Waals surface area contributed by atoms with Gasteiger partial charge >= 0.3 is 0 Å². The number of piperidine rings is 1. The molecule has 2 fully saturated rings. The summed E-state index contributed by atoms with van der Waals surface area (Å²) in [5.41, 5.74) is 0.816. The molecule has 1 aromatic carbocycles. The van der Waals surface area contributed by atoms with Crippen molar-refractivity contribution in [1.29, 1.82) is 0 Å². The van der Waals surface area contributed by atoms with Gasteiger partial charge in [-0.3, -0.25) is 4.79 Å².